The number of rotatable bonds is 4. The number of ether oxygens (including phenoxy) is 2. The Morgan fingerprint density at radius 2 is 2.28 bits per heavy atom. The van der Waals surface area contributed by atoms with E-state index in [2.05, 4.69) is 0 Å². The Hall–Kier alpha value is -2.48. The van der Waals surface area contributed by atoms with E-state index in [1.807, 2.05) is 6.07 Å². The van der Waals surface area contributed by atoms with Crippen LogP contribution in [0.1, 0.15) is 18.1 Å². The molecule has 0 aliphatic carbocycles. The van der Waals surface area contributed by atoms with Crippen LogP contribution in [-0.4, -0.2) is 24.8 Å². The summed E-state index contributed by atoms with van der Waals surface area (Å²) in [5.41, 5.74) is 0.637. The first-order valence-electron chi connectivity index (χ1n) is 5.28. The topological polar surface area (TPSA) is 79.6 Å². The van der Waals surface area contributed by atoms with Crippen LogP contribution in [0.25, 0.3) is 6.08 Å². The van der Waals surface area contributed by atoms with Crippen molar-refractivity contribution in [3.05, 3.63) is 29.3 Å². The molecule has 0 atom stereocenters. The Balaban J connectivity index is 3.11. The van der Waals surface area contributed by atoms with Gasteiger partial charge in [0.25, 0.3) is 0 Å². The summed E-state index contributed by atoms with van der Waals surface area (Å²) in [6.45, 7) is 1.99. The minimum atomic E-state index is -0.492. The number of carbonyl (C=O) groups excluding carboxylic acids is 1. The number of esters is 1. The first kappa shape index (κ1) is 13.6. The van der Waals surface area contributed by atoms with E-state index in [0.29, 0.717) is 5.56 Å². The van der Waals surface area contributed by atoms with Crippen molar-refractivity contribution in [1.82, 2.24) is 0 Å². The van der Waals surface area contributed by atoms with Crippen molar-refractivity contribution in [2.75, 3.05) is 13.7 Å². The number of phenolic OH excluding ortho intramolecular Hbond substituents is 1. The predicted octanol–water partition coefficient (Wildman–Crippen LogP) is 1.85. The zero-order chi connectivity index (χ0) is 13.5. The molecule has 0 fully saturated rings. The highest BCUT2D eigenvalue weighted by molar-refractivity contribution is 5.88. The van der Waals surface area contributed by atoms with Crippen LogP contribution in [0.5, 0.6) is 11.5 Å². The van der Waals surface area contributed by atoms with Crippen molar-refractivity contribution >= 4 is 12.0 Å². The highest BCUT2D eigenvalue weighted by Crippen LogP contribution is 2.32. The minimum Gasteiger partial charge on any atom is -0.504 e. The third-order valence-electron chi connectivity index (χ3n) is 2.17. The van der Waals surface area contributed by atoms with E-state index in [1.54, 1.807) is 6.92 Å². The largest absolute Gasteiger partial charge is 0.504 e. The summed E-state index contributed by atoms with van der Waals surface area (Å²) in [7, 11) is 1.36. The molecule has 0 aliphatic rings. The number of benzene rings is 1. The second-order valence-corrected chi connectivity index (χ2v) is 3.28. The van der Waals surface area contributed by atoms with Crippen molar-refractivity contribution in [2.45, 2.75) is 6.92 Å². The van der Waals surface area contributed by atoms with Gasteiger partial charge >= 0.3 is 5.97 Å². The Bertz CT molecular complexity index is 514. The zero-order valence-corrected chi connectivity index (χ0v) is 10.1. The van der Waals surface area contributed by atoms with Crippen LogP contribution >= 0.6 is 0 Å². The van der Waals surface area contributed by atoms with Gasteiger partial charge in [0.1, 0.15) is 11.6 Å². The van der Waals surface area contributed by atoms with E-state index in [1.165, 1.54) is 31.4 Å². The van der Waals surface area contributed by atoms with Gasteiger partial charge in [-0.2, -0.15) is 5.26 Å². The number of nitrogens with zero attached hydrogens (tertiary/aromatic N) is 1. The number of carbonyl (C=O) groups is 1. The average Bonchev–Trinajstić information content (AvgIpc) is 2.37. The monoisotopic (exact) mass is 247 g/mol. The number of phenols is 1. The van der Waals surface area contributed by atoms with Crippen LogP contribution in [0.4, 0.5) is 0 Å². The molecule has 1 aromatic carbocycles. The molecule has 18 heavy (non-hydrogen) atoms. The summed E-state index contributed by atoms with van der Waals surface area (Å²) in [6.07, 6.45) is 2.66. The number of hydrogen-bond donors (Lipinski definition) is 1. The second-order valence-electron chi connectivity index (χ2n) is 3.28. The van der Waals surface area contributed by atoms with Gasteiger partial charge in [0.2, 0.25) is 0 Å². The fourth-order valence-corrected chi connectivity index (χ4v) is 1.40. The summed E-state index contributed by atoms with van der Waals surface area (Å²) in [5, 5.41) is 18.5. The van der Waals surface area contributed by atoms with Gasteiger partial charge in [0.05, 0.1) is 13.7 Å². The van der Waals surface area contributed by atoms with Gasteiger partial charge in [-0.3, -0.25) is 0 Å². The van der Waals surface area contributed by atoms with Crippen LogP contribution in [0.3, 0.4) is 0 Å². The molecule has 1 aromatic rings. The van der Waals surface area contributed by atoms with E-state index in [4.69, 9.17) is 14.7 Å². The Kier molecular flexibility index (Phi) is 4.76. The van der Waals surface area contributed by atoms with Gasteiger partial charge in [-0.15, -0.1) is 0 Å². The fraction of sp³-hybridized carbons (Fsp3) is 0.231. The smallest absolute Gasteiger partial charge is 0.330 e. The Morgan fingerprint density at radius 3 is 2.83 bits per heavy atom. The Morgan fingerprint density at radius 1 is 1.56 bits per heavy atom. The number of methoxy groups -OCH3 is 1. The van der Waals surface area contributed by atoms with Crippen LogP contribution < -0.4 is 4.74 Å². The lowest BCUT2D eigenvalue weighted by molar-refractivity contribution is -0.137. The molecule has 0 unspecified atom stereocenters. The first-order chi connectivity index (χ1) is 8.63. The SMILES string of the molecule is CCOC(=O)C=Cc1ccc(O)c(OC)c1C#N. The normalized spacial score (nSPS) is 10.1. The molecule has 1 N–H and O–H groups in total. The summed E-state index contributed by atoms with van der Waals surface area (Å²) in [5.74, 6) is -0.528. The maximum atomic E-state index is 11.2. The van der Waals surface area contributed by atoms with E-state index in [-0.39, 0.29) is 23.7 Å². The molecule has 0 radical (unpaired) electrons. The molecule has 94 valence electrons. The third-order valence-corrected chi connectivity index (χ3v) is 2.17. The molecule has 0 amide bonds. The quantitative estimate of drug-likeness (QED) is 0.648. The van der Waals surface area contributed by atoms with E-state index < -0.39 is 5.97 Å². The van der Waals surface area contributed by atoms with E-state index in [0.717, 1.165) is 0 Å². The number of nitriles is 1. The maximum absolute atomic E-state index is 11.2. The van der Waals surface area contributed by atoms with E-state index in [9.17, 15) is 9.90 Å². The summed E-state index contributed by atoms with van der Waals surface area (Å²) in [6, 6.07) is 4.84. The van der Waals surface area contributed by atoms with Crippen molar-refractivity contribution in [3.63, 3.8) is 0 Å². The molecule has 0 saturated carbocycles. The molecular formula is C13H13NO4. The lowest BCUT2D eigenvalue weighted by Gasteiger charge is -2.07. The maximum Gasteiger partial charge on any atom is 0.330 e. The highest BCUT2D eigenvalue weighted by atomic mass is 16.5. The van der Waals surface area contributed by atoms with Gasteiger partial charge in [-0.1, -0.05) is 0 Å². The van der Waals surface area contributed by atoms with Gasteiger partial charge in [0.15, 0.2) is 11.5 Å². The molecular weight excluding hydrogens is 234 g/mol. The lowest BCUT2D eigenvalue weighted by atomic mass is 10.1. The summed E-state index contributed by atoms with van der Waals surface area (Å²) in [4.78, 5) is 11.2. The second kappa shape index (κ2) is 6.30. The van der Waals surface area contributed by atoms with Crippen LogP contribution in [0, 0.1) is 11.3 Å². The van der Waals surface area contributed by atoms with Crippen molar-refractivity contribution in [3.8, 4) is 17.6 Å². The van der Waals surface area contributed by atoms with Crippen molar-refractivity contribution in [1.29, 1.82) is 5.26 Å². The number of hydrogen-bond acceptors (Lipinski definition) is 5. The molecule has 5 heteroatoms. The Labute approximate surface area is 105 Å². The van der Waals surface area contributed by atoms with Crippen molar-refractivity contribution in [2.24, 2.45) is 0 Å². The standard InChI is InChI=1S/C13H13NO4/c1-3-18-12(16)7-5-9-4-6-11(15)13(17-2)10(9)8-14/h4-7,15H,3H2,1-2H3. The predicted molar refractivity (Wildman–Crippen MR) is 65.0 cm³/mol. The molecule has 5 nitrogen and oxygen atoms in total. The highest BCUT2D eigenvalue weighted by Gasteiger charge is 2.12. The summed E-state index contributed by atoms with van der Waals surface area (Å²) < 4.78 is 9.67. The zero-order valence-electron chi connectivity index (χ0n) is 10.1. The van der Waals surface area contributed by atoms with Gasteiger partial charge in [-0.05, 0) is 30.7 Å². The molecule has 1 rings (SSSR count). The van der Waals surface area contributed by atoms with Gasteiger partial charge in [0, 0.05) is 6.08 Å². The van der Waals surface area contributed by atoms with Crippen molar-refractivity contribution < 1.29 is 19.4 Å². The van der Waals surface area contributed by atoms with Crippen LogP contribution in [0.15, 0.2) is 18.2 Å². The van der Waals surface area contributed by atoms with Crippen LogP contribution in [-0.2, 0) is 9.53 Å². The third kappa shape index (κ3) is 3.01. The van der Waals surface area contributed by atoms with Gasteiger partial charge < -0.3 is 14.6 Å². The number of aromatic hydroxyl groups is 1. The summed E-state index contributed by atoms with van der Waals surface area (Å²) >= 11 is 0. The van der Waals surface area contributed by atoms with Gasteiger partial charge in [-0.25, -0.2) is 4.79 Å². The van der Waals surface area contributed by atoms with Crippen LogP contribution in [0.2, 0.25) is 0 Å². The minimum absolute atomic E-state index is 0.0866. The fourth-order valence-electron chi connectivity index (χ4n) is 1.40. The van der Waals surface area contributed by atoms with E-state index >= 15 is 0 Å². The average molecular weight is 247 g/mol. The molecule has 0 spiro atoms. The molecule has 0 aliphatic heterocycles. The molecule has 0 heterocycles. The lowest BCUT2D eigenvalue weighted by Crippen LogP contribution is -1.99. The molecule has 0 saturated heterocycles. The first-order valence-corrected chi connectivity index (χ1v) is 5.28. The molecule has 0 aromatic heterocycles. The molecule has 0 bridgehead atoms.